The Morgan fingerprint density at radius 1 is 1.20 bits per heavy atom. The van der Waals surface area contributed by atoms with E-state index in [4.69, 9.17) is 11.6 Å². The van der Waals surface area contributed by atoms with Crippen molar-refractivity contribution >= 4 is 50.9 Å². The Morgan fingerprint density at radius 2 is 2.00 bits per heavy atom. The van der Waals surface area contributed by atoms with E-state index in [-0.39, 0.29) is 5.91 Å². The zero-order chi connectivity index (χ0) is 14.4. The number of halogens is 2. The molecule has 0 aliphatic heterocycles. The fraction of sp³-hybridized carbons (Fsp3) is 0.133. The Bertz CT molecular complexity index is 606. The van der Waals surface area contributed by atoms with Crippen LogP contribution >= 0.6 is 39.3 Å². The van der Waals surface area contributed by atoms with Crippen molar-refractivity contribution in [1.29, 1.82) is 0 Å². The number of carbonyl (C=O) groups excluding carboxylic acids is 1. The number of rotatable bonds is 5. The van der Waals surface area contributed by atoms with Crippen molar-refractivity contribution in [2.24, 2.45) is 0 Å². The molecule has 0 spiro atoms. The first-order chi connectivity index (χ1) is 9.63. The number of hydrogen-bond acceptors (Lipinski definition) is 2. The Morgan fingerprint density at radius 3 is 2.75 bits per heavy atom. The third kappa shape index (κ3) is 5.19. The molecule has 0 fully saturated rings. The van der Waals surface area contributed by atoms with Crippen LogP contribution in [0.5, 0.6) is 0 Å². The highest BCUT2D eigenvalue weighted by Crippen LogP contribution is 2.18. The summed E-state index contributed by atoms with van der Waals surface area (Å²) in [6, 6.07) is 15.2. The van der Waals surface area contributed by atoms with Gasteiger partial charge in [-0.1, -0.05) is 45.7 Å². The molecule has 104 valence electrons. The van der Waals surface area contributed by atoms with Gasteiger partial charge in [-0.05, 0) is 35.9 Å². The van der Waals surface area contributed by atoms with E-state index in [1.165, 1.54) is 0 Å². The van der Waals surface area contributed by atoms with Crippen LogP contribution in [-0.4, -0.2) is 11.7 Å². The van der Waals surface area contributed by atoms with E-state index < -0.39 is 0 Å². The van der Waals surface area contributed by atoms with Gasteiger partial charge in [-0.25, -0.2) is 0 Å². The van der Waals surface area contributed by atoms with E-state index in [9.17, 15) is 4.79 Å². The predicted molar refractivity (Wildman–Crippen MR) is 90.4 cm³/mol. The van der Waals surface area contributed by atoms with Crippen LogP contribution in [0.3, 0.4) is 0 Å². The van der Waals surface area contributed by atoms with Crippen LogP contribution < -0.4 is 5.32 Å². The van der Waals surface area contributed by atoms with Crippen LogP contribution in [0.4, 0.5) is 5.69 Å². The molecule has 2 aromatic carbocycles. The SMILES string of the molecule is O=C(CSCc1cccc(Cl)c1)Nc1cccc(Br)c1. The highest BCUT2D eigenvalue weighted by Gasteiger charge is 2.03. The summed E-state index contributed by atoms with van der Waals surface area (Å²) in [5.74, 6) is 1.18. The molecule has 0 heterocycles. The second-order valence-electron chi connectivity index (χ2n) is 4.18. The fourth-order valence-electron chi connectivity index (χ4n) is 1.65. The van der Waals surface area contributed by atoms with Crippen molar-refractivity contribution in [1.82, 2.24) is 0 Å². The molecule has 2 nitrogen and oxygen atoms in total. The van der Waals surface area contributed by atoms with E-state index in [1.807, 2.05) is 48.5 Å². The Labute approximate surface area is 136 Å². The van der Waals surface area contributed by atoms with Crippen LogP contribution in [0.25, 0.3) is 0 Å². The first-order valence-corrected chi connectivity index (χ1v) is 8.33. The zero-order valence-corrected chi connectivity index (χ0v) is 13.8. The molecular formula is C15H13BrClNOS. The molecule has 0 aromatic heterocycles. The summed E-state index contributed by atoms with van der Waals surface area (Å²) in [6.45, 7) is 0. The second-order valence-corrected chi connectivity index (χ2v) is 6.52. The van der Waals surface area contributed by atoms with Gasteiger partial charge in [0.05, 0.1) is 5.75 Å². The van der Waals surface area contributed by atoms with E-state index in [0.29, 0.717) is 5.75 Å². The molecule has 0 radical (unpaired) electrons. The van der Waals surface area contributed by atoms with Crippen LogP contribution in [-0.2, 0) is 10.5 Å². The van der Waals surface area contributed by atoms with E-state index in [2.05, 4.69) is 21.2 Å². The molecular weight excluding hydrogens is 358 g/mol. The molecule has 0 atom stereocenters. The van der Waals surface area contributed by atoms with Gasteiger partial charge >= 0.3 is 0 Å². The minimum absolute atomic E-state index is 0.00451. The van der Waals surface area contributed by atoms with Gasteiger partial charge in [-0.15, -0.1) is 11.8 Å². The summed E-state index contributed by atoms with van der Waals surface area (Å²) in [5.41, 5.74) is 1.92. The maximum atomic E-state index is 11.8. The number of benzene rings is 2. The van der Waals surface area contributed by atoms with Gasteiger partial charge in [-0.2, -0.15) is 0 Å². The van der Waals surface area contributed by atoms with Gasteiger partial charge in [0.25, 0.3) is 0 Å². The lowest BCUT2D eigenvalue weighted by Gasteiger charge is -2.06. The largest absolute Gasteiger partial charge is 0.325 e. The Balaban J connectivity index is 1.78. The third-order valence-electron chi connectivity index (χ3n) is 2.50. The Kier molecular flexibility index (Phi) is 5.95. The number of hydrogen-bond donors (Lipinski definition) is 1. The van der Waals surface area contributed by atoms with Crippen LogP contribution in [0, 0.1) is 0 Å². The van der Waals surface area contributed by atoms with Gasteiger partial charge in [-0.3, -0.25) is 4.79 Å². The maximum Gasteiger partial charge on any atom is 0.234 e. The minimum Gasteiger partial charge on any atom is -0.325 e. The number of nitrogens with one attached hydrogen (secondary N) is 1. The summed E-state index contributed by atoms with van der Waals surface area (Å²) in [4.78, 5) is 11.8. The van der Waals surface area contributed by atoms with Gasteiger partial charge in [0.2, 0.25) is 5.91 Å². The summed E-state index contributed by atoms with van der Waals surface area (Å²) in [7, 11) is 0. The van der Waals surface area contributed by atoms with Crippen molar-refractivity contribution < 1.29 is 4.79 Å². The zero-order valence-electron chi connectivity index (χ0n) is 10.6. The van der Waals surface area contributed by atoms with Gasteiger partial charge in [0, 0.05) is 20.9 Å². The van der Waals surface area contributed by atoms with Crippen molar-refractivity contribution in [2.75, 3.05) is 11.1 Å². The van der Waals surface area contributed by atoms with Gasteiger partial charge < -0.3 is 5.32 Å². The van der Waals surface area contributed by atoms with Crippen LogP contribution in [0.1, 0.15) is 5.56 Å². The molecule has 20 heavy (non-hydrogen) atoms. The average Bonchev–Trinajstić information content (AvgIpc) is 2.38. The number of anilines is 1. The first kappa shape index (κ1) is 15.4. The number of carbonyl (C=O) groups is 1. The van der Waals surface area contributed by atoms with E-state index in [0.717, 1.165) is 26.5 Å². The van der Waals surface area contributed by atoms with Crippen molar-refractivity contribution in [3.05, 3.63) is 63.6 Å². The van der Waals surface area contributed by atoms with Crippen LogP contribution in [0.2, 0.25) is 5.02 Å². The lowest BCUT2D eigenvalue weighted by atomic mass is 10.2. The fourth-order valence-corrected chi connectivity index (χ4v) is 3.04. The van der Waals surface area contributed by atoms with Crippen molar-refractivity contribution in [3.8, 4) is 0 Å². The van der Waals surface area contributed by atoms with Crippen LogP contribution in [0.15, 0.2) is 53.0 Å². The molecule has 5 heteroatoms. The molecule has 2 aromatic rings. The molecule has 0 saturated carbocycles. The lowest BCUT2D eigenvalue weighted by molar-refractivity contribution is -0.113. The molecule has 0 unspecified atom stereocenters. The quantitative estimate of drug-likeness (QED) is 0.804. The summed E-state index contributed by atoms with van der Waals surface area (Å²) in [5, 5.41) is 3.59. The smallest absolute Gasteiger partial charge is 0.234 e. The summed E-state index contributed by atoms with van der Waals surface area (Å²) in [6.07, 6.45) is 0. The van der Waals surface area contributed by atoms with Gasteiger partial charge in [0.15, 0.2) is 0 Å². The highest BCUT2D eigenvalue weighted by atomic mass is 79.9. The molecule has 0 bridgehead atoms. The van der Waals surface area contributed by atoms with Crippen molar-refractivity contribution in [3.63, 3.8) is 0 Å². The van der Waals surface area contributed by atoms with E-state index >= 15 is 0 Å². The Hall–Kier alpha value is -0.970. The van der Waals surface area contributed by atoms with E-state index in [1.54, 1.807) is 11.8 Å². The maximum absolute atomic E-state index is 11.8. The average molecular weight is 371 g/mol. The minimum atomic E-state index is -0.00451. The highest BCUT2D eigenvalue weighted by molar-refractivity contribution is 9.10. The third-order valence-corrected chi connectivity index (χ3v) is 4.23. The van der Waals surface area contributed by atoms with Crippen molar-refractivity contribution in [2.45, 2.75) is 5.75 Å². The molecule has 0 saturated heterocycles. The molecule has 1 amide bonds. The van der Waals surface area contributed by atoms with Gasteiger partial charge in [0.1, 0.15) is 0 Å². The normalized spacial score (nSPS) is 10.3. The molecule has 0 aliphatic rings. The topological polar surface area (TPSA) is 29.1 Å². The molecule has 1 N–H and O–H groups in total. The lowest BCUT2D eigenvalue weighted by Crippen LogP contribution is -2.14. The second kappa shape index (κ2) is 7.72. The standard InChI is InChI=1S/C15H13BrClNOS/c16-12-4-2-6-14(8-12)18-15(19)10-20-9-11-3-1-5-13(17)7-11/h1-8H,9-10H2,(H,18,19). The molecule has 0 aliphatic carbocycles. The molecule has 2 rings (SSSR count). The summed E-state index contributed by atoms with van der Waals surface area (Å²) < 4.78 is 0.946. The number of amides is 1. The number of thioether (sulfide) groups is 1. The monoisotopic (exact) mass is 369 g/mol. The predicted octanol–water partition coefficient (Wildman–Crippen LogP) is 4.97. The summed E-state index contributed by atoms with van der Waals surface area (Å²) >= 11 is 10.9. The first-order valence-electron chi connectivity index (χ1n) is 6.01.